The van der Waals surface area contributed by atoms with E-state index in [2.05, 4.69) is 20.1 Å². The van der Waals surface area contributed by atoms with Gasteiger partial charge < -0.3 is 4.90 Å². The van der Waals surface area contributed by atoms with Gasteiger partial charge in [0.05, 0.1) is 17.2 Å². The molecule has 3 aromatic heterocycles. The molecule has 0 N–H and O–H groups in total. The molecule has 0 radical (unpaired) electrons. The highest BCUT2D eigenvalue weighted by atomic mass is 32.1. The number of aromatic nitrogens is 5. The first-order chi connectivity index (χ1) is 9.63. The summed E-state index contributed by atoms with van der Waals surface area (Å²) < 4.78 is 1.48. The Balaban J connectivity index is 1.80. The van der Waals surface area contributed by atoms with E-state index in [4.69, 9.17) is 0 Å². The van der Waals surface area contributed by atoms with Crippen molar-refractivity contribution in [3.05, 3.63) is 40.4 Å². The third kappa shape index (κ3) is 2.37. The van der Waals surface area contributed by atoms with Gasteiger partial charge in [0.1, 0.15) is 0 Å². The minimum atomic E-state index is -0.249. The van der Waals surface area contributed by atoms with Gasteiger partial charge in [0.25, 0.3) is 11.7 Å². The summed E-state index contributed by atoms with van der Waals surface area (Å²) in [6.07, 6.45) is 3.32. The Labute approximate surface area is 118 Å². The molecule has 0 bridgehead atoms. The van der Waals surface area contributed by atoms with Crippen molar-refractivity contribution in [1.82, 2.24) is 29.5 Å². The standard InChI is InChI=1S/C12H12N6OS/c1-8-14-9(7-20-8)6-17(2)11(19)10-15-12-13-4-3-5-18(12)16-10/h3-5,7H,6H2,1-2H3. The average Bonchev–Trinajstić information content (AvgIpc) is 3.03. The second kappa shape index (κ2) is 4.97. The number of carbonyl (C=O) groups is 1. The summed E-state index contributed by atoms with van der Waals surface area (Å²) in [5.74, 6) is 0.299. The predicted molar refractivity (Wildman–Crippen MR) is 73.4 cm³/mol. The number of fused-ring (bicyclic) bond motifs is 1. The summed E-state index contributed by atoms with van der Waals surface area (Å²) in [4.78, 5) is 26.3. The summed E-state index contributed by atoms with van der Waals surface area (Å²) in [6.45, 7) is 2.37. The SMILES string of the molecule is Cc1nc(CN(C)C(=O)c2nc3ncccn3n2)cs1. The van der Waals surface area contributed by atoms with Gasteiger partial charge in [-0.15, -0.1) is 16.4 Å². The van der Waals surface area contributed by atoms with Gasteiger partial charge in [0, 0.05) is 24.8 Å². The van der Waals surface area contributed by atoms with Crippen LogP contribution in [0.5, 0.6) is 0 Å². The zero-order valence-corrected chi connectivity index (χ0v) is 11.8. The zero-order valence-electron chi connectivity index (χ0n) is 11.0. The van der Waals surface area contributed by atoms with E-state index in [0.717, 1.165) is 10.7 Å². The highest BCUT2D eigenvalue weighted by Crippen LogP contribution is 2.11. The number of thiazole rings is 1. The van der Waals surface area contributed by atoms with Crippen molar-refractivity contribution in [3.8, 4) is 0 Å². The maximum Gasteiger partial charge on any atom is 0.293 e. The minimum absolute atomic E-state index is 0.137. The molecule has 0 saturated heterocycles. The van der Waals surface area contributed by atoms with Crippen LogP contribution in [0.2, 0.25) is 0 Å². The number of amides is 1. The highest BCUT2D eigenvalue weighted by Gasteiger charge is 2.18. The average molecular weight is 288 g/mol. The summed E-state index contributed by atoms with van der Waals surface area (Å²) in [6, 6.07) is 1.73. The summed E-state index contributed by atoms with van der Waals surface area (Å²) in [7, 11) is 1.70. The summed E-state index contributed by atoms with van der Waals surface area (Å²) in [5, 5.41) is 7.04. The number of nitrogens with zero attached hydrogens (tertiary/aromatic N) is 6. The maximum atomic E-state index is 12.3. The van der Waals surface area contributed by atoms with Gasteiger partial charge >= 0.3 is 0 Å². The topological polar surface area (TPSA) is 76.3 Å². The monoisotopic (exact) mass is 288 g/mol. The van der Waals surface area contributed by atoms with E-state index in [0.29, 0.717) is 12.3 Å². The molecule has 3 heterocycles. The van der Waals surface area contributed by atoms with Gasteiger partial charge in [0.15, 0.2) is 0 Å². The smallest absolute Gasteiger partial charge is 0.293 e. The Bertz CT molecular complexity index is 731. The molecule has 0 aliphatic heterocycles. The lowest BCUT2D eigenvalue weighted by molar-refractivity contribution is 0.0771. The molecule has 0 unspecified atom stereocenters. The molecule has 3 aromatic rings. The van der Waals surface area contributed by atoms with Crippen LogP contribution in [-0.4, -0.2) is 42.4 Å². The van der Waals surface area contributed by atoms with Crippen molar-refractivity contribution in [2.75, 3.05) is 7.05 Å². The molecule has 0 aromatic carbocycles. The molecule has 0 aliphatic rings. The first-order valence-corrected chi connectivity index (χ1v) is 6.85. The zero-order chi connectivity index (χ0) is 14.1. The number of rotatable bonds is 3. The first kappa shape index (κ1) is 12.7. The first-order valence-electron chi connectivity index (χ1n) is 5.97. The summed E-state index contributed by atoms with van der Waals surface area (Å²) >= 11 is 1.56. The van der Waals surface area contributed by atoms with Crippen molar-refractivity contribution in [1.29, 1.82) is 0 Å². The molecule has 20 heavy (non-hydrogen) atoms. The minimum Gasteiger partial charge on any atom is -0.333 e. The van der Waals surface area contributed by atoms with Gasteiger partial charge in [-0.25, -0.2) is 14.5 Å². The largest absolute Gasteiger partial charge is 0.333 e. The van der Waals surface area contributed by atoms with Crippen molar-refractivity contribution in [2.45, 2.75) is 13.5 Å². The number of hydrogen-bond donors (Lipinski definition) is 0. The van der Waals surface area contributed by atoms with Crippen LogP contribution < -0.4 is 0 Å². The van der Waals surface area contributed by atoms with Crippen LogP contribution in [0.25, 0.3) is 5.78 Å². The van der Waals surface area contributed by atoms with Crippen LogP contribution >= 0.6 is 11.3 Å². The van der Waals surface area contributed by atoms with Crippen LogP contribution in [0, 0.1) is 6.92 Å². The van der Waals surface area contributed by atoms with Crippen LogP contribution in [0.4, 0.5) is 0 Å². The molecule has 0 aliphatic carbocycles. The lowest BCUT2D eigenvalue weighted by Gasteiger charge is -2.13. The lowest BCUT2D eigenvalue weighted by Crippen LogP contribution is -2.27. The van der Waals surface area contributed by atoms with Crippen molar-refractivity contribution in [2.24, 2.45) is 0 Å². The number of carbonyl (C=O) groups excluding carboxylic acids is 1. The molecule has 102 valence electrons. The third-order valence-corrected chi connectivity index (χ3v) is 3.54. The molecule has 1 amide bonds. The number of aryl methyl sites for hydroxylation is 1. The summed E-state index contributed by atoms with van der Waals surface area (Å²) in [5.41, 5.74) is 0.866. The normalized spacial score (nSPS) is 10.9. The second-order valence-electron chi connectivity index (χ2n) is 4.32. The molecule has 0 spiro atoms. The van der Waals surface area contributed by atoms with Gasteiger partial charge in [-0.05, 0) is 13.0 Å². The van der Waals surface area contributed by atoms with Crippen LogP contribution in [0.3, 0.4) is 0 Å². The fourth-order valence-corrected chi connectivity index (χ4v) is 2.39. The fraction of sp³-hybridized carbons (Fsp3) is 0.250. The molecular formula is C12H12N6OS. The Hall–Kier alpha value is -2.35. The van der Waals surface area contributed by atoms with E-state index in [1.165, 1.54) is 4.52 Å². The predicted octanol–water partition coefficient (Wildman–Crippen LogP) is 1.16. The van der Waals surface area contributed by atoms with Crippen LogP contribution in [-0.2, 0) is 6.54 Å². The molecular weight excluding hydrogens is 276 g/mol. The second-order valence-corrected chi connectivity index (χ2v) is 5.38. The number of hydrogen-bond acceptors (Lipinski definition) is 6. The Morgan fingerprint density at radius 2 is 2.30 bits per heavy atom. The van der Waals surface area contributed by atoms with Crippen molar-refractivity contribution < 1.29 is 4.79 Å². The quantitative estimate of drug-likeness (QED) is 0.723. The molecule has 0 fully saturated rings. The fourth-order valence-electron chi connectivity index (χ4n) is 1.79. The molecule has 3 rings (SSSR count). The van der Waals surface area contributed by atoms with E-state index in [9.17, 15) is 4.79 Å². The lowest BCUT2D eigenvalue weighted by atomic mass is 10.4. The molecule has 0 atom stereocenters. The van der Waals surface area contributed by atoms with E-state index in [-0.39, 0.29) is 11.7 Å². The van der Waals surface area contributed by atoms with Crippen LogP contribution in [0.15, 0.2) is 23.8 Å². The Kier molecular flexibility index (Phi) is 3.15. The Morgan fingerprint density at radius 3 is 3.00 bits per heavy atom. The Morgan fingerprint density at radius 1 is 1.45 bits per heavy atom. The van der Waals surface area contributed by atoms with Gasteiger partial charge in [-0.3, -0.25) is 4.79 Å². The molecule has 0 saturated carbocycles. The highest BCUT2D eigenvalue weighted by molar-refractivity contribution is 7.09. The molecule has 8 heteroatoms. The molecule has 7 nitrogen and oxygen atoms in total. The van der Waals surface area contributed by atoms with E-state index >= 15 is 0 Å². The third-order valence-electron chi connectivity index (χ3n) is 2.72. The van der Waals surface area contributed by atoms with Gasteiger partial charge in [0.2, 0.25) is 5.82 Å². The maximum absolute atomic E-state index is 12.3. The van der Waals surface area contributed by atoms with Gasteiger partial charge in [-0.2, -0.15) is 4.98 Å². The van der Waals surface area contributed by atoms with Crippen molar-refractivity contribution >= 4 is 23.0 Å². The van der Waals surface area contributed by atoms with Gasteiger partial charge in [-0.1, -0.05) is 0 Å². The van der Waals surface area contributed by atoms with Crippen LogP contribution in [0.1, 0.15) is 21.3 Å². The van der Waals surface area contributed by atoms with E-state index in [1.54, 1.807) is 41.7 Å². The van der Waals surface area contributed by atoms with E-state index in [1.807, 2.05) is 12.3 Å². The van der Waals surface area contributed by atoms with Crippen molar-refractivity contribution in [3.63, 3.8) is 0 Å². The van der Waals surface area contributed by atoms with E-state index < -0.39 is 0 Å².